The van der Waals surface area contributed by atoms with Crippen LogP contribution >= 0.6 is 0 Å². The Morgan fingerprint density at radius 2 is 1.83 bits per heavy atom. The molecule has 1 unspecified atom stereocenters. The number of halogens is 3. The van der Waals surface area contributed by atoms with Crippen LogP contribution in [0.1, 0.15) is 18.9 Å². The zero-order valence-electron chi connectivity index (χ0n) is 12.4. The number of aliphatic carboxylic acids is 1. The van der Waals surface area contributed by atoms with Crippen molar-refractivity contribution in [3.05, 3.63) is 29.8 Å². The lowest BCUT2D eigenvalue weighted by atomic mass is 10.2. The molecule has 0 saturated carbocycles. The molecule has 0 spiro atoms. The first-order valence-electron chi connectivity index (χ1n) is 6.63. The smallest absolute Gasteiger partial charge is 0.417 e. The molecule has 24 heavy (non-hydrogen) atoms. The van der Waals surface area contributed by atoms with Gasteiger partial charge in [0.25, 0.3) is 0 Å². The number of nitrogens with one attached hydrogen (secondary N) is 2. The van der Waals surface area contributed by atoms with Crippen LogP contribution in [0.5, 0.6) is 0 Å². The molecule has 0 aromatic heterocycles. The normalized spacial score (nSPS) is 13.3. The number of sulfonamides is 1. The summed E-state index contributed by atoms with van der Waals surface area (Å²) in [5.74, 6) is -2.02. The van der Waals surface area contributed by atoms with E-state index >= 15 is 0 Å². The Hall–Kier alpha value is -2.14. The van der Waals surface area contributed by atoms with Crippen LogP contribution in [-0.4, -0.2) is 38.0 Å². The molecule has 134 valence electrons. The molecule has 0 aliphatic rings. The van der Waals surface area contributed by atoms with Crippen LogP contribution in [0.3, 0.4) is 0 Å². The standard InChI is InChI=1S/C13H15F3N2O5S/c1-8(12(21)17-7-6-11(19)20)18-24(22,23)10-5-3-2-4-9(10)13(14,15)16/h2-5,8,18H,6-7H2,1H3,(H,17,21)(H,19,20). The van der Waals surface area contributed by atoms with Crippen molar-refractivity contribution in [2.24, 2.45) is 0 Å². The highest BCUT2D eigenvalue weighted by molar-refractivity contribution is 7.89. The van der Waals surface area contributed by atoms with Gasteiger partial charge in [-0.25, -0.2) is 8.42 Å². The van der Waals surface area contributed by atoms with E-state index in [1.54, 1.807) is 0 Å². The molecule has 1 rings (SSSR count). The largest absolute Gasteiger partial charge is 0.481 e. The summed E-state index contributed by atoms with van der Waals surface area (Å²) in [4.78, 5) is 21.0. The molecule has 11 heteroatoms. The monoisotopic (exact) mass is 368 g/mol. The highest BCUT2D eigenvalue weighted by Crippen LogP contribution is 2.33. The van der Waals surface area contributed by atoms with E-state index in [9.17, 15) is 31.2 Å². The van der Waals surface area contributed by atoms with Crippen LogP contribution in [0, 0.1) is 0 Å². The highest BCUT2D eigenvalue weighted by atomic mass is 32.2. The minimum Gasteiger partial charge on any atom is -0.481 e. The van der Waals surface area contributed by atoms with Crippen LogP contribution < -0.4 is 10.0 Å². The number of benzene rings is 1. The van der Waals surface area contributed by atoms with E-state index in [0.717, 1.165) is 25.1 Å². The van der Waals surface area contributed by atoms with E-state index < -0.39 is 44.6 Å². The third kappa shape index (κ3) is 5.49. The van der Waals surface area contributed by atoms with E-state index in [1.165, 1.54) is 0 Å². The summed E-state index contributed by atoms with van der Waals surface area (Å²) in [5, 5.41) is 10.6. The van der Waals surface area contributed by atoms with Gasteiger partial charge in [-0.1, -0.05) is 12.1 Å². The predicted molar refractivity (Wildman–Crippen MR) is 76.5 cm³/mol. The van der Waals surface area contributed by atoms with Gasteiger partial charge in [0.05, 0.1) is 22.9 Å². The van der Waals surface area contributed by atoms with E-state index in [4.69, 9.17) is 5.11 Å². The number of rotatable bonds is 7. The van der Waals surface area contributed by atoms with E-state index in [1.807, 2.05) is 4.72 Å². The first-order chi connectivity index (χ1) is 10.9. The molecule has 0 aliphatic carbocycles. The van der Waals surface area contributed by atoms with Gasteiger partial charge in [-0.3, -0.25) is 9.59 Å². The number of carbonyl (C=O) groups excluding carboxylic acids is 1. The molecule has 0 bridgehead atoms. The van der Waals surface area contributed by atoms with Crippen molar-refractivity contribution in [2.45, 2.75) is 30.5 Å². The molecule has 0 saturated heterocycles. The molecule has 0 aliphatic heterocycles. The van der Waals surface area contributed by atoms with E-state index in [-0.39, 0.29) is 13.0 Å². The van der Waals surface area contributed by atoms with Crippen molar-refractivity contribution < 1.29 is 36.3 Å². The maximum atomic E-state index is 12.9. The molecule has 0 fully saturated rings. The van der Waals surface area contributed by atoms with Gasteiger partial charge in [0.15, 0.2) is 0 Å². The average Bonchev–Trinajstić information content (AvgIpc) is 2.45. The summed E-state index contributed by atoms with van der Waals surface area (Å²) in [5.41, 5.74) is -1.35. The van der Waals surface area contributed by atoms with Gasteiger partial charge >= 0.3 is 12.1 Å². The minimum absolute atomic E-state index is 0.237. The third-order valence-corrected chi connectivity index (χ3v) is 4.44. The van der Waals surface area contributed by atoms with Crippen LogP contribution in [0.15, 0.2) is 29.2 Å². The third-order valence-electron chi connectivity index (χ3n) is 2.85. The SMILES string of the molecule is CC(NS(=O)(=O)c1ccccc1C(F)(F)F)C(=O)NCCC(=O)O. The van der Waals surface area contributed by atoms with Crippen molar-refractivity contribution in [2.75, 3.05) is 6.54 Å². The van der Waals surface area contributed by atoms with E-state index in [2.05, 4.69) is 5.32 Å². The molecular weight excluding hydrogens is 353 g/mol. The second-order valence-corrected chi connectivity index (χ2v) is 6.45. The zero-order chi connectivity index (χ0) is 18.5. The summed E-state index contributed by atoms with van der Waals surface area (Å²) in [6.07, 6.45) is -5.25. The second-order valence-electron chi connectivity index (χ2n) is 4.77. The second kappa shape index (κ2) is 7.62. The lowest BCUT2D eigenvalue weighted by Gasteiger charge is -2.17. The number of carbonyl (C=O) groups is 2. The lowest BCUT2D eigenvalue weighted by Crippen LogP contribution is -2.45. The number of carboxylic acids is 1. The van der Waals surface area contributed by atoms with Crippen molar-refractivity contribution in [1.82, 2.24) is 10.0 Å². The summed E-state index contributed by atoms with van der Waals surface area (Å²) >= 11 is 0. The number of alkyl halides is 3. The summed E-state index contributed by atoms with van der Waals surface area (Å²) in [7, 11) is -4.61. The topological polar surface area (TPSA) is 113 Å². The molecule has 0 radical (unpaired) electrons. The zero-order valence-corrected chi connectivity index (χ0v) is 13.2. The van der Waals surface area contributed by atoms with Gasteiger partial charge in [-0.05, 0) is 19.1 Å². The minimum atomic E-state index is -4.88. The van der Waals surface area contributed by atoms with Gasteiger partial charge in [0.1, 0.15) is 0 Å². The molecular formula is C13H15F3N2O5S. The van der Waals surface area contributed by atoms with Crippen LogP contribution in [-0.2, 0) is 25.8 Å². The van der Waals surface area contributed by atoms with Crippen LogP contribution in [0.4, 0.5) is 13.2 Å². The molecule has 0 heterocycles. The van der Waals surface area contributed by atoms with Gasteiger partial charge in [-0.2, -0.15) is 17.9 Å². The predicted octanol–water partition coefficient (Wildman–Crippen LogP) is 0.963. The van der Waals surface area contributed by atoms with Crippen molar-refractivity contribution >= 4 is 21.9 Å². The fraction of sp³-hybridized carbons (Fsp3) is 0.385. The Kier molecular flexibility index (Phi) is 6.32. The summed E-state index contributed by atoms with van der Waals surface area (Å²) < 4.78 is 64.7. The fourth-order valence-corrected chi connectivity index (χ4v) is 3.16. The first-order valence-corrected chi connectivity index (χ1v) is 8.11. The molecule has 1 aromatic carbocycles. The Balaban J connectivity index is 2.91. The quantitative estimate of drug-likeness (QED) is 0.664. The maximum Gasteiger partial charge on any atom is 0.417 e. The average molecular weight is 368 g/mol. The summed E-state index contributed by atoms with van der Waals surface area (Å²) in [6, 6.07) is 2.18. The van der Waals surface area contributed by atoms with Crippen LogP contribution in [0.25, 0.3) is 0 Å². The Bertz CT molecular complexity index is 719. The number of amides is 1. The fourth-order valence-electron chi connectivity index (χ4n) is 1.73. The first kappa shape index (κ1) is 19.9. The van der Waals surface area contributed by atoms with Crippen LogP contribution in [0.2, 0.25) is 0 Å². The van der Waals surface area contributed by atoms with E-state index in [0.29, 0.717) is 6.07 Å². The van der Waals surface area contributed by atoms with Gasteiger partial charge in [0.2, 0.25) is 15.9 Å². The Morgan fingerprint density at radius 3 is 2.38 bits per heavy atom. The van der Waals surface area contributed by atoms with Crippen molar-refractivity contribution in [3.63, 3.8) is 0 Å². The lowest BCUT2D eigenvalue weighted by molar-refractivity contribution is -0.140. The van der Waals surface area contributed by atoms with Crippen molar-refractivity contribution in [1.29, 1.82) is 0 Å². The Labute approximate surface area is 135 Å². The van der Waals surface area contributed by atoms with Crippen molar-refractivity contribution in [3.8, 4) is 0 Å². The van der Waals surface area contributed by atoms with Gasteiger partial charge < -0.3 is 10.4 Å². The molecule has 7 nitrogen and oxygen atoms in total. The van der Waals surface area contributed by atoms with Gasteiger partial charge in [0, 0.05) is 6.54 Å². The highest BCUT2D eigenvalue weighted by Gasteiger charge is 2.37. The maximum absolute atomic E-state index is 12.9. The number of carboxylic acid groups (broad SMARTS) is 1. The van der Waals surface area contributed by atoms with Gasteiger partial charge in [-0.15, -0.1) is 0 Å². The molecule has 3 N–H and O–H groups in total. The number of hydrogen-bond acceptors (Lipinski definition) is 4. The summed E-state index contributed by atoms with van der Waals surface area (Å²) in [6.45, 7) is 0.892. The molecule has 1 atom stereocenters. The molecule has 1 aromatic rings. The Morgan fingerprint density at radius 1 is 1.25 bits per heavy atom. The molecule has 1 amide bonds. The number of hydrogen-bond donors (Lipinski definition) is 3.